The third-order valence-electron chi connectivity index (χ3n) is 10.4. The number of nitrogens with zero attached hydrogens (tertiary/aromatic N) is 2. The molecule has 270 valence electrons. The van der Waals surface area contributed by atoms with Crippen LogP contribution in [0, 0.1) is 26.7 Å². The summed E-state index contributed by atoms with van der Waals surface area (Å²) in [5.41, 5.74) is 5.37. The van der Waals surface area contributed by atoms with Crippen molar-refractivity contribution in [3.05, 3.63) is 135 Å². The van der Waals surface area contributed by atoms with Gasteiger partial charge >= 0.3 is 12.1 Å². The third-order valence-corrected chi connectivity index (χ3v) is 10.4. The first-order valence-corrected chi connectivity index (χ1v) is 18.1. The van der Waals surface area contributed by atoms with E-state index < -0.39 is 17.7 Å². The van der Waals surface area contributed by atoms with Gasteiger partial charge in [0, 0.05) is 52.7 Å². The number of carbonyl (C=O) groups is 2. The fourth-order valence-electron chi connectivity index (χ4n) is 8.08. The third kappa shape index (κ3) is 7.08. The number of ketones is 1. The van der Waals surface area contributed by atoms with Crippen molar-refractivity contribution in [3.8, 4) is 0 Å². The van der Waals surface area contributed by atoms with Gasteiger partial charge in [0.05, 0.1) is 11.6 Å². The number of rotatable bonds is 11. The van der Waals surface area contributed by atoms with Crippen LogP contribution in [0.15, 0.2) is 95.7 Å². The summed E-state index contributed by atoms with van der Waals surface area (Å²) in [6.45, 7) is 12.3. The first kappa shape index (κ1) is 36.8. The van der Waals surface area contributed by atoms with Crippen LogP contribution in [-0.2, 0) is 15.8 Å². The lowest BCUT2D eigenvalue weighted by Crippen LogP contribution is -2.37. The van der Waals surface area contributed by atoms with E-state index in [-0.39, 0.29) is 29.0 Å². The van der Waals surface area contributed by atoms with Crippen LogP contribution in [0.4, 0.5) is 18.9 Å². The molecular weight excluding hydrogens is 661 g/mol. The summed E-state index contributed by atoms with van der Waals surface area (Å²) in [4.78, 5) is 34.0. The molecule has 0 bridgehead atoms. The van der Waals surface area contributed by atoms with Gasteiger partial charge < -0.3 is 9.74 Å². The highest BCUT2D eigenvalue weighted by Gasteiger charge is 2.42. The van der Waals surface area contributed by atoms with Gasteiger partial charge in [0.1, 0.15) is 5.71 Å². The first-order chi connectivity index (χ1) is 24.8. The van der Waals surface area contributed by atoms with Gasteiger partial charge in [-0.3, -0.25) is 4.79 Å². The normalized spacial score (nSPS) is 17.5. The maximum Gasteiger partial charge on any atom is 0.417 e. The van der Waals surface area contributed by atoms with Gasteiger partial charge in [-0.15, -0.1) is 0 Å². The topological polar surface area (TPSA) is 59.0 Å². The van der Waals surface area contributed by atoms with E-state index >= 15 is 0 Å². The second kappa shape index (κ2) is 14.9. The standard InChI is InChI=1S/C44H45F3N2O3/c1-7-9-14-30(8-2)25-49-39-20-19-31(41(48-52-29(6)50)34-17-12-13-18-38(34)44(45,46)47)23-35(39)36-24-37(32-15-10-11-16-33(32)42(36)49)43(51)40-27(4)21-26(3)22-28(40)5/h10-13,15-24,30,35,39H,7-9,14,25H2,1-6H3/b48-41-. The molecule has 8 heteroatoms. The lowest BCUT2D eigenvalue weighted by molar-refractivity contribution is -0.140. The largest absolute Gasteiger partial charge is 0.417 e. The Kier molecular flexibility index (Phi) is 10.6. The van der Waals surface area contributed by atoms with Crippen LogP contribution in [0.1, 0.15) is 102 Å². The summed E-state index contributed by atoms with van der Waals surface area (Å²) in [6, 6.07) is 19.1. The van der Waals surface area contributed by atoms with E-state index in [4.69, 9.17) is 4.84 Å². The molecule has 0 radical (unpaired) electrons. The Hall–Kier alpha value is -4.98. The van der Waals surface area contributed by atoms with Crippen LogP contribution in [0.2, 0.25) is 0 Å². The molecule has 6 rings (SSSR count). The number of fused-ring (bicyclic) bond motifs is 5. The number of hydrogen-bond donors (Lipinski definition) is 0. The van der Waals surface area contributed by atoms with Crippen molar-refractivity contribution in [3.63, 3.8) is 0 Å². The minimum absolute atomic E-state index is 0.0647. The van der Waals surface area contributed by atoms with Crippen LogP contribution < -0.4 is 4.90 Å². The van der Waals surface area contributed by atoms with Gasteiger partial charge in [0.15, 0.2) is 5.78 Å². The molecule has 0 N–H and O–H groups in total. The van der Waals surface area contributed by atoms with E-state index in [1.54, 1.807) is 6.08 Å². The Labute approximate surface area is 303 Å². The van der Waals surface area contributed by atoms with Crippen molar-refractivity contribution >= 4 is 33.9 Å². The molecule has 4 aromatic rings. The van der Waals surface area contributed by atoms with Crippen molar-refractivity contribution in [1.82, 2.24) is 0 Å². The molecule has 1 heterocycles. The van der Waals surface area contributed by atoms with Crippen molar-refractivity contribution < 1.29 is 27.6 Å². The highest BCUT2D eigenvalue weighted by atomic mass is 19.4. The van der Waals surface area contributed by atoms with Gasteiger partial charge in [0.2, 0.25) is 0 Å². The Morgan fingerprint density at radius 2 is 1.60 bits per heavy atom. The van der Waals surface area contributed by atoms with E-state index in [1.165, 1.54) is 18.2 Å². The highest BCUT2D eigenvalue weighted by molar-refractivity contribution is 6.20. The number of aryl methyl sites for hydroxylation is 3. The van der Waals surface area contributed by atoms with Crippen molar-refractivity contribution in [2.75, 3.05) is 11.4 Å². The number of carbonyl (C=O) groups excluding carboxylic acids is 2. The van der Waals surface area contributed by atoms with Gasteiger partial charge in [0.25, 0.3) is 0 Å². The van der Waals surface area contributed by atoms with Crippen molar-refractivity contribution in [2.45, 2.75) is 85.4 Å². The molecular formula is C44H45F3N2O3. The number of halogens is 3. The highest BCUT2D eigenvalue weighted by Crippen LogP contribution is 2.50. The monoisotopic (exact) mass is 706 g/mol. The lowest BCUT2D eigenvalue weighted by atomic mass is 9.83. The number of allylic oxidation sites excluding steroid dienone is 2. The van der Waals surface area contributed by atoms with Gasteiger partial charge in [-0.1, -0.05) is 117 Å². The molecule has 4 aromatic carbocycles. The molecule has 2 aliphatic rings. The SMILES string of the molecule is CCCCC(CC)CN1c2c(cc(C(=O)c3c(C)cc(C)cc3C)c3ccccc23)C2C=C(/C(=N/OC(C)=O)c3ccccc3C(F)(F)F)C=CC21. The fraction of sp³-hybridized carbons (Fsp3) is 0.341. The zero-order chi connectivity index (χ0) is 37.3. The molecule has 0 amide bonds. The number of alkyl halides is 3. The molecule has 0 saturated carbocycles. The van der Waals surface area contributed by atoms with Crippen LogP contribution in [0.25, 0.3) is 10.8 Å². The quantitative estimate of drug-likeness (QED) is 0.0674. The molecule has 0 saturated heterocycles. The summed E-state index contributed by atoms with van der Waals surface area (Å²) in [5, 5.41) is 5.84. The minimum atomic E-state index is -4.67. The average Bonchev–Trinajstić information content (AvgIpc) is 3.41. The Morgan fingerprint density at radius 3 is 2.25 bits per heavy atom. The average molecular weight is 707 g/mol. The Morgan fingerprint density at radius 1 is 0.923 bits per heavy atom. The van der Waals surface area contributed by atoms with Gasteiger partial charge in [-0.2, -0.15) is 13.2 Å². The van der Waals surface area contributed by atoms with Crippen molar-refractivity contribution in [2.24, 2.45) is 11.1 Å². The number of unbranched alkanes of at least 4 members (excludes halogenated alkanes) is 1. The molecule has 5 nitrogen and oxygen atoms in total. The summed E-state index contributed by atoms with van der Waals surface area (Å²) in [5.74, 6) is -0.713. The molecule has 1 aliphatic heterocycles. The predicted octanol–water partition coefficient (Wildman–Crippen LogP) is 11.0. The van der Waals surface area contributed by atoms with E-state index in [9.17, 15) is 22.8 Å². The molecule has 0 spiro atoms. The smallest absolute Gasteiger partial charge is 0.363 e. The molecule has 3 atom stereocenters. The van der Waals surface area contributed by atoms with Crippen LogP contribution >= 0.6 is 0 Å². The molecule has 0 aromatic heterocycles. The number of benzene rings is 4. The van der Waals surface area contributed by atoms with Crippen LogP contribution in [-0.4, -0.2) is 30.1 Å². The van der Waals surface area contributed by atoms with Crippen LogP contribution in [0.5, 0.6) is 0 Å². The van der Waals surface area contributed by atoms with E-state index in [2.05, 4.69) is 30.0 Å². The number of hydrogen-bond acceptors (Lipinski definition) is 5. The summed E-state index contributed by atoms with van der Waals surface area (Å²) >= 11 is 0. The van der Waals surface area contributed by atoms with Gasteiger partial charge in [-0.05, 0) is 67.3 Å². The van der Waals surface area contributed by atoms with Crippen molar-refractivity contribution in [1.29, 1.82) is 0 Å². The maximum absolute atomic E-state index is 14.6. The zero-order valence-corrected chi connectivity index (χ0v) is 30.6. The van der Waals surface area contributed by atoms with E-state index in [0.29, 0.717) is 22.6 Å². The molecule has 1 aliphatic carbocycles. The number of oxime groups is 1. The van der Waals surface area contributed by atoms with E-state index in [0.717, 1.165) is 83.9 Å². The second-order valence-electron chi connectivity index (χ2n) is 14.1. The lowest BCUT2D eigenvalue weighted by Gasteiger charge is -2.33. The van der Waals surface area contributed by atoms with Crippen LogP contribution in [0.3, 0.4) is 0 Å². The zero-order valence-electron chi connectivity index (χ0n) is 30.6. The summed E-state index contributed by atoms with van der Waals surface area (Å²) in [6.07, 6.45) is 5.37. The molecule has 0 fully saturated rings. The first-order valence-electron chi connectivity index (χ1n) is 18.1. The fourth-order valence-corrected chi connectivity index (χ4v) is 8.08. The predicted molar refractivity (Wildman–Crippen MR) is 202 cm³/mol. The molecule has 3 unspecified atom stereocenters. The number of anilines is 1. The van der Waals surface area contributed by atoms with E-state index in [1.807, 2.05) is 69.3 Å². The molecule has 52 heavy (non-hydrogen) atoms. The maximum atomic E-state index is 14.6. The minimum Gasteiger partial charge on any atom is -0.363 e. The van der Waals surface area contributed by atoms with Gasteiger partial charge in [-0.25, -0.2) is 4.79 Å². The Balaban J connectivity index is 1.58. The Bertz CT molecular complexity index is 2100. The summed E-state index contributed by atoms with van der Waals surface area (Å²) in [7, 11) is 0. The second-order valence-corrected chi connectivity index (χ2v) is 14.1. The summed E-state index contributed by atoms with van der Waals surface area (Å²) < 4.78 is 43.0.